The van der Waals surface area contributed by atoms with E-state index < -0.39 is 6.04 Å². The number of benzene rings is 4. The van der Waals surface area contributed by atoms with E-state index >= 15 is 0 Å². The molecule has 214 valence electrons. The Morgan fingerprint density at radius 3 is 2.36 bits per heavy atom. The third kappa shape index (κ3) is 5.66. The van der Waals surface area contributed by atoms with Gasteiger partial charge in [-0.3, -0.25) is 19.9 Å². The molecule has 0 bridgehead atoms. The smallest absolute Gasteiger partial charge is 0.252 e. The molecule has 0 saturated carbocycles. The number of aromatic nitrogens is 5. The predicted molar refractivity (Wildman–Crippen MR) is 171 cm³/mol. The molecular formula is C35H27N7O2. The van der Waals surface area contributed by atoms with Crippen LogP contribution < -0.4 is 10.6 Å². The lowest BCUT2D eigenvalue weighted by molar-refractivity contribution is -0.118. The summed E-state index contributed by atoms with van der Waals surface area (Å²) in [6.07, 6.45) is 5.27. The molecule has 44 heavy (non-hydrogen) atoms. The van der Waals surface area contributed by atoms with Crippen molar-refractivity contribution in [3.8, 4) is 22.6 Å². The zero-order valence-corrected chi connectivity index (χ0v) is 23.5. The van der Waals surface area contributed by atoms with Crippen molar-refractivity contribution < 1.29 is 9.59 Å². The number of anilines is 1. The average Bonchev–Trinajstić information content (AvgIpc) is 3.74. The number of nitrogens with one attached hydrogen (secondary N) is 4. The fourth-order valence-corrected chi connectivity index (χ4v) is 5.17. The summed E-state index contributed by atoms with van der Waals surface area (Å²) in [4.78, 5) is 46.3. The van der Waals surface area contributed by atoms with Crippen LogP contribution in [-0.4, -0.2) is 42.8 Å². The number of H-pyrrole nitrogens is 2. The maximum absolute atomic E-state index is 13.5. The summed E-state index contributed by atoms with van der Waals surface area (Å²) >= 11 is 0. The summed E-state index contributed by atoms with van der Waals surface area (Å²) in [6, 6.07) is 32.4. The third-order valence-corrected chi connectivity index (χ3v) is 7.48. The molecule has 7 rings (SSSR count). The highest BCUT2D eigenvalue weighted by Crippen LogP contribution is 2.24. The summed E-state index contributed by atoms with van der Waals surface area (Å²) in [5.41, 5.74) is 5.58. The van der Waals surface area contributed by atoms with Gasteiger partial charge in [0.05, 0.1) is 11.0 Å². The predicted octanol–water partition coefficient (Wildman–Crippen LogP) is 6.15. The van der Waals surface area contributed by atoms with Gasteiger partial charge in [0, 0.05) is 36.0 Å². The number of hydrogen-bond donors (Lipinski definition) is 4. The molecule has 0 aliphatic rings. The van der Waals surface area contributed by atoms with Crippen LogP contribution in [-0.2, 0) is 11.2 Å². The summed E-state index contributed by atoms with van der Waals surface area (Å²) in [6.45, 7) is 0. The molecule has 0 aliphatic carbocycles. The van der Waals surface area contributed by atoms with Crippen molar-refractivity contribution in [1.82, 2.24) is 30.2 Å². The number of aromatic amines is 2. The number of carbonyl (C=O) groups is 2. The minimum atomic E-state index is -0.856. The quantitative estimate of drug-likeness (QED) is 0.172. The van der Waals surface area contributed by atoms with E-state index in [0.717, 1.165) is 27.5 Å². The van der Waals surface area contributed by atoms with Gasteiger partial charge in [0.1, 0.15) is 11.7 Å². The summed E-state index contributed by atoms with van der Waals surface area (Å²) in [7, 11) is 0. The number of imidazole rings is 2. The van der Waals surface area contributed by atoms with Crippen LogP contribution in [0.4, 0.5) is 5.95 Å². The monoisotopic (exact) mass is 577 g/mol. The Hall–Kier alpha value is -6.09. The van der Waals surface area contributed by atoms with Crippen LogP contribution in [0.1, 0.15) is 15.9 Å². The number of pyridine rings is 1. The molecular weight excluding hydrogens is 550 g/mol. The van der Waals surface area contributed by atoms with E-state index in [1.54, 1.807) is 30.6 Å². The maximum atomic E-state index is 13.5. The van der Waals surface area contributed by atoms with Crippen molar-refractivity contribution >= 4 is 39.6 Å². The Balaban J connectivity index is 1.12. The molecule has 3 heterocycles. The molecule has 9 heteroatoms. The van der Waals surface area contributed by atoms with Crippen LogP contribution >= 0.6 is 0 Å². The fraction of sp³-hybridized carbons (Fsp3) is 0.0571. The second-order valence-electron chi connectivity index (χ2n) is 10.5. The number of carbonyl (C=O) groups excluding carboxylic acids is 2. The third-order valence-electron chi connectivity index (χ3n) is 7.48. The highest BCUT2D eigenvalue weighted by Gasteiger charge is 2.23. The van der Waals surface area contributed by atoms with Crippen molar-refractivity contribution in [1.29, 1.82) is 0 Å². The Kier molecular flexibility index (Phi) is 7.09. The van der Waals surface area contributed by atoms with Crippen LogP contribution in [0, 0.1) is 0 Å². The first-order valence-electron chi connectivity index (χ1n) is 14.2. The lowest BCUT2D eigenvalue weighted by atomic mass is 10.00. The van der Waals surface area contributed by atoms with Gasteiger partial charge in [-0.15, -0.1) is 0 Å². The minimum Gasteiger partial charge on any atom is -0.340 e. The van der Waals surface area contributed by atoms with E-state index in [1.807, 2.05) is 91.1 Å². The molecule has 4 N–H and O–H groups in total. The van der Waals surface area contributed by atoms with Gasteiger partial charge in [0.25, 0.3) is 5.91 Å². The lowest BCUT2D eigenvalue weighted by Gasteiger charge is -2.18. The Bertz CT molecular complexity index is 2090. The zero-order chi connectivity index (χ0) is 29.9. The average molecular weight is 578 g/mol. The van der Waals surface area contributed by atoms with Crippen LogP contribution in [0.5, 0.6) is 0 Å². The Morgan fingerprint density at radius 2 is 1.57 bits per heavy atom. The van der Waals surface area contributed by atoms with E-state index in [0.29, 0.717) is 34.1 Å². The van der Waals surface area contributed by atoms with E-state index in [2.05, 4.69) is 35.6 Å². The van der Waals surface area contributed by atoms with Crippen molar-refractivity contribution in [2.45, 2.75) is 12.5 Å². The topological polar surface area (TPSA) is 128 Å². The van der Waals surface area contributed by atoms with E-state index in [1.165, 1.54) is 0 Å². The highest BCUT2D eigenvalue weighted by atomic mass is 16.2. The Morgan fingerprint density at radius 1 is 0.795 bits per heavy atom. The van der Waals surface area contributed by atoms with Crippen molar-refractivity contribution in [3.63, 3.8) is 0 Å². The molecule has 0 fully saturated rings. The molecule has 2 amide bonds. The SMILES string of the molecule is O=C(N[C@@H](Cc1ccc(-c2ccccc2)cc1)C(=O)Nc1ncc[nH]1)c1ccc2nc(-c3cc4ccccc4cn3)[nH]c2c1. The number of hydrogen-bond acceptors (Lipinski definition) is 5. The van der Waals surface area contributed by atoms with Crippen molar-refractivity contribution in [2.75, 3.05) is 5.32 Å². The lowest BCUT2D eigenvalue weighted by Crippen LogP contribution is -2.45. The highest BCUT2D eigenvalue weighted by molar-refractivity contribution is 6.02. The van der Waals surface area contributed by atoms with Crippen LogP contribution in [0.3, 0.4) is 0 Å². The van der Waals surface area contributed by atoms with E-state index in [-0.39, 0.29) is 18.2 Å². The minimum absolute atomic E-state index is 0.289. The second-order valence-corrected chi connectivity index (χ2v) is 10.5. The molecule has 3 aromatic heterocycles. The largest absolute Gasteiger partial charge is 0.340 e. The van der Waals surface area contributed by atoms with Gasteiger partial charge < -0.3 is 15.3 Å². The summed E-state index contributed by atoms with van der Waals surface area (Å²) < 4.78 is 0. The first-order valence-corrected chi connectivity index (χ1v) is 14.2. The molecule has 0 aliphatic heterocycles. The number of amides is 2. The molecule has 7 aromatic rings. The first-order chi connectivity index (χ1) is 21.6. The van der Waals surface area contributed by atoms with Gasteiger partial charge in [-0.1, -0.05) is 78.9 Å². The molecule has 9 nitrogen and oxygen atoms in total. The summed E-state index contributed by atoms with van der Waals surface area (Å²) in [5.74, 6) is 0.153. The van der Waals surface area contributed by atoms with Crippen LogP contribution in [0.25, 0.3) is 44.5 Å². The first kappa shape index (κ1) is 26.8. The van der Waals surface area contributed by atoms with E-state index in [9.17, 15) is 9.59 Å². The van der Waals surface area contributed by atoms with Crippen molar-refractivity contribution in [2.24, 2.45) is 0 Å². The van der Waals surface area contributed by atoms with Gasteiger partial charge in [0.2, 0.25) is 11.9 Å². The van der Waals surface area contributed by atoms with Gasteiger partial charge in [-0.25, -0.2) is 9.97 Å². The fourth-order valence-electron chi connectivity index (χ4n) is 5.17. The van der Waals surface area contributed by atoms with Crippen LogP contribution in [0.15, 0.2) is 122 Å². The number of fused-ring (bicyclic) bond motifs is 2. The van der Waals surface area contributed by atoms with Crippen LogP contribution in [0.2, 0.25) is 0 Å². The molecule has 0 saturated heterocycles. The zero-order valence-electron chi connectivity index (χ0n) is 23.5. The van der Waals surface area contributed by atoms with Gasteiger partial charge in [-0.2, -0.15) is 0 Å². The van der Waals surface area contributed by atoms with Gasteiger partial charge in [0.15, 0.2) is 5.82 Å². The normalized spacial score (nSPS) is 11.8. The molecule has 1 atom stereocenters. The maximum Gasteiger partial charge on any atom is 0.252 e. The second kappa shape index (κ2) is 11.7. The van der Waals surface area contributed by atoms with Gasteiger partial charge in [-0.05, 0) is 46.3 Å². The van der Waals surface area contributed by atoms with Gasteiger partial charge >= 0.3 is 0 Å². The number of nitrogens with zero attached hydrogens (tertiary/aromatic N) is 3. The Labute approximate surface area is 252 Å². The van der Waals surface area contributed by atoms with Crippen molar-refractivity contribution in [3.05, 3.63) is 133 Å². The standard InChI is InChI=1S/C35H27N7O2/c43-33(26-14-15-28-29(20-26)40-32(39-28)30-19-25-8-4-5-9-27(25)21-38-30)41-31(34(44)42-35-36-16-17-37-35)18-22-10-12-24(13-11-22)23-6-2-1-3-7-23/h1-17,19-21,31H,18H2,(H,39,40)(H,41,43)(H2,36,37,42,44)/t31-/m0/s1. The molecule has 0 unspecified atom stereocenters. The number of rotatable bonds is 8. The molecule has 0 radical (unpaired) electrons. The molecule has 0 spiro atoms. The van der Waals surface area contributed by atoms with E-state index in [4.69, 9.17) is 0 Å². The molecule has 4 aromatic carbocycles. The summed E-state index contributed by atoms with van der Waals surface area (Å²) in [5, 5.41) is 7.79.